The average Bonchev–Trinajstić information content (AvgIpc) is 2.80. The molecule has 0 radical (unpaired) electrons. The smallest absolute Gasteiger partial charge is 0.240 e. The fourth-order valence-corrected chi connectivity index (χ4v) is 4.78. The van der Waals surface area contributed by atoms with E-state index in [1.165, 1.54) is 19.3 Å². The summed E-state index contributed by atoms with van der Waals surface area (Å²) in [7, 11) is -3.56. The molecule has 0 amide bonds. The van der Waals surface area contributed by atoms with Gasteiger partial charge in [-0.25, -0.2) is 18.1 Å². The van der Waals surface area contributed by atoms with E-state index in [1.807, 2.05) is 6.92 Å². The fourth-order valence-electron chi connectivity index (χ4n) is 3.45. The topological polar surface area (TPSA) is 119 Å². The highest BCUT2D eigenvalue weighted by atomic mass is 79.9. The highest BCUT2D eigenvalue weighted by Crippen LogP contribution is 2.23. The molecule has 1 aliphatic rings. The highest BCUT2D eigenvalue weighted by molar-refractivity contribution is 9.10. The van der Waals surface area contributed by atoms with Crippen LogP contribution in [0.2, 0.25) is 0 Å². The molecule has 1 aromatic carbocycles. The molecule has 4 N–H and O–H groups in total. The van der Waals surface area contributed by atoms with Crippen LogP contribution in [0, 0.1) is 0 Å². The predicted molar refractivity (Wildman–Crippen MR) is 130 cm³/mol. The van der Waals surface area contributed by atoms with Crippen LogP contribution in [-0.2, 0) is 10.0 Å². The normalized spacial score (nSPS) is 16.0. The number of sulfonamides is 1. The van der Waals surface area contributed by atoms with Crippen LogP contribution in [0.25, 0.3) is 0 Å². The minimum atomic E-state index is -3.56. The Morgan fingerprint density at radius 1 is 1.19 bits per heavy atom. The second-order valence-corrected chi connectivity index (χ2v) is 10.4. The van der Waals surface area contributed by atoms with E-state index in [0.717, 1.165) is 26.1 Å². The van der Waals surface area contributed by atoms with Crippen LogP contribution < -0.4 is 15.4 Å². The largest absolute Gasteiger partial charge is 0.394 e. The van der Waals surface area contributed by atoms with Crippen LogP contribution in [0.4, 0.5) is 17.5 Å². The number of aliphatic hydroxyl groups is 1. The first kappa shape index (κ1) is 24.8. The molecule has 0 aliphatic carbocycles. The number of aromatic nitrogens is 2. The van der Waals surface area contributed by atoms with E-state index in [-0.39, 0.29) is 17.5 Å². The Balaban J connectivity index is 1.59. The number of rotatable bonds is 11. The van der Waals surface area contributed by atoms with E-state index in [1.54, 1.807) is 30.5 Å². The van der Waals surface area contributed by atoms with Gasteiger partial charge in [-0.1, -0.05) is 13.3 Å². The molecule has 1 fully saturated rings. The Labute approximate surface area is 198 Å². The Hall–Kier alpha value is -1.79. The number of nitrogens with zero attached hydrogens (tertiary/aromatic N) is 3. The molecule has 1 aromatic heterocycles. The van der Waals surface area contributed by atoms with Gasteiger partial charge in [-0.15, -0.1) is 0 Å². The van der Waals surface area contributed by atoms with Crippen LogP contribution in [-0.4, -0.2) is 67.2 Å². The van der Waals surface area contributed by atoms with Crippen LogP contribution in [0.3, 0.4) is 0 Å². The lowest BCUT2D eigenvalue weighted by molar-refractivity contribution is 0.233. The zero-order chi connectivity index (χ0) is 23.0. The van der Waals surface area contributed by atoms with Crippen LogP contribution in [0.15, 0.2) is 39.8 Å². The van der Waals surface area contributed by atoms with Gasteiger partial charge in [0.25, 0.3) is 0 Å². The summed E-state index contributed by atoms with van der Waals surface area (Å²) in [5.74, 6) is 0.930. The van der Waals surface area contributed by atoms with Crippen LogP contribution in [0.5, 0.6) is 0 Å². The van der Waals surface area contributed by atoms with Gasteiger partial charge >= 0.3 is 0 Å². The summed E-state index contributed by atoms with van der Waals surface area (Å²) in [6.45, 7) is 5.17. The summed E-state index contributed by atoms with van der Waals surface area (Å²) in [6.07, 6.45) is 5.99. The summed E-state index contributed by atoms with van der Waals surface area (Å²) in [5.41, 5.74) is 0.666. The van der Waals surface area contributed by atoms with Crippen molar-refractivity contribution in [3.8, 4) is 0 Å². The van der Waals surface area contributed by atoms with Gasteiger partial charge in [0.05, 0.1) is 22.0 Å². The van der Waals surface area contributed by atoms with Gasteiger partial charge in [-0.05, 0) is 72.5 Å². The molecule has 0 spiro atoms. The summed E-state index contributed by atoms with van der Waals surface area (Å²) >= 11 is 3.41. The quantitative estimate of drug-likeness (QED) is 0.352. The lowest BCUT2D eigenvalue weighted by Crippen LogP contribution is -2.37. The van der Waals surface area contributed by atoms with Gasteiger partial charge in [0.2, 0.25) is 16.0 Å². The third-order valence-corrected chi connectivity index (χ3v) is 7.44. The van der Waals surface area contributed by atoms with Crippen LogP contribution in [0.1, 0.15) is 32.6 Å². The number of hydrogen-bond donors (Lipinski definition) is 4. The first-order valence-corrected chi connectivity index (χ1v) is 13.2. The summed E-state index contributed by atoms with van der Waals surface area (Å²) < 4.78 is 28.5. The third-order valence-electron chi connectivity index (χ3n) is 5.39. The Morgan fingerprint density at radius 2 is 1.91 bits per heavy atom. The Morgan fingerprint density at radius 3 is 2.56 bits per heavy atom. The first-order valence-electron chi connectivity index (χ1n) is 10.9. The van der Waals surface area contributed by atoms with E-state index in [2.05, 4.69) is 46.2 Å². The van der Waals surface area contributed by atoms with Gasteiger partial charge in [0, 0.05) is 25.0 Å². The number of hydrogen-bond acceptors (Lipinski definition) is 8. The summed E-state index contributed by atoms with van der Waals surface area (Å²) in [4.78, 5) is 11.2. The van der Waals surface area contributed by atoms with Crippen molar-refractivity contribution in [3.05, 3.63) is 34.9 Å². The van der Waals surface area contributed by atoms with Gasteiger partial charge in [-0.2, -0.15) is 4.98 Å². The Kier molecular flexibility index (Phi) is 9.23. The lowest BCUT2D eigenvalue weighted by Gasteiger charge is -2.26. The van der Waals surface area contributed by atoms with Crippen molar-refractivity contribution in [2.75, 3.05) is 43.4 Å². The average molecular weight is 527 g/mol. The molecule has 2 aromatic rings. The number of halogens is 1. The predicted octanol–water partition coefficient (Wildman–Crippen LogP) is 2.93. The molecule has 3 rings (SSSR count). The van der Waals surface area contributed by atoms with Crippen LogP contribution >= 0.6 is 15.9 Å². The maximum atomic E-state index is 12.6. The molecule has 9 nitrogen and oxygen atoms in total. The first-order chi connectivity index (χ1) is 15.4. The van der Waals surface area contributed by atoms with Gasteiger partial charge in [0.15, 0.2) is 0 Å². The van der Waals surface area contributed by atoms with Gasteiger partial charge < -0.3 is 20.6 Å². The van der Waals surface area contributed by atoms with E-state index < -0.39 is 10.0 Å². The number of anilines is 3. The molecular formula is C21H31BrN6O3S. The monoisotopic (exact) mass is 526 g/mol. The minimum absolute atomic E-state index is 0.00227. The second-order valence-electron chi connectivity index (χ2n) is 7.77. The molecule has 1 saturated heterocycles. The molecule has 0 bridgehead atoms. The lowest BCUT2D eigenvalue weighted by atomic mass is 10.1. The minimum Gasteiger partial charge on any atom is -0.394 e. The molecule has 0 unspecified atom stereocenters. The van der Waals surface area contributed by atoms with Crippen molar-refractivity contribution in [1.82, 2.24) is 19.6 Å². The molecule has 176 valence electrons. The summed E-state index contributed by atoms with van der Waals surface area (Å²) in [6, 6.07) is 6.37. The third kappa shape index (κ3) is 7.11. The standard InChI is InChI=1S/C21H31BrN6O3S/c1-2-16(15-29)25-20-19(22)14-23-21(27-20)26-17-6-8-18(9-7-17)32(30,31)24-10-13-28-11-4-3-5-12-28/h6-9,14,16,24,29H,2-5,10-13,15H2,1H3,(H2,23,25,26,27)/t16-/m1/s1. The highest BCUT2D eigenvalue weighted by Gasteiger charge is 2.16. The van der Waals surface area contributed by atoms with Crippen molar-refractivity contribution >= 4 is 43.4 Å². The number of piperidine rings is 1. The Bertz CT molecular complexity index is 964. The molecule has 1 aliphatic heterocycles. The maximum absolute atomic E-state index is 12.6. The molecule has 0 saturated carbocycles. The van der Waals surface area contributed by atoms with E-state index in [0.29, 0.717) is 28.5 Å². The SMILES string of the molecule is CC[C@H](CO)Nc1nc(Nc2ccc(S(=O)(=O)NCCN3CCCCC3)cc2)ncc1Br. The molecule has 11 heteroatoms. The molecular weight excluding hydrogens is 496 g/mol. The van der Waals surface area contributed by atoms with E-state index in [4.69, 9.17) is 0 Å². The van der Waals surface area contributed by atoms with Gasteiger partial charge in [-0.3, -0.25) is 0 Å². The maximum Gasteiger partial charge on any atom is 0.240 e. The number of benzene rings is 1. The zero-order valence-corrected chi connectivity index (χ0v) is 20.6. The van der Waals surface area contributed by atoms with Gasteiger partial charge in [0.1, 0.15) is 5.82 Å². The second kappa shape index (κ2) is 11.9. The number of aliphatic hydroxyl groups excluding tert-OH is 1. The number of likely N-dealkylation sites (tertiary alicyclic amines) is 1. The van der Waals surface area contributed by atoms with Crippen molar-refractivity contribution in [3.63, 3.8) is 0 Å². The van der Waals surface area contributed by atoms with Crippen molar-refractivity contribution < 1.29 is 13.5 Å². The van der Waals surface area contributed by atoms with Crippen molar-refractivity contribution in [2.24, 2.45) is 0 Å². The summed E-state index contributed by atoms with van der Waals surface area (Å²) in [5, 5.41) is 15.6. The van der Waals surface area contributed by atoms with E-state index in [9.17, 15) is 13.5 Å². The zero-order valence-electron chi connectivity index (χ0n) is 18.2. The molecule has 32 heavy (non-hydrogen) atoms. The van der Waals surface area contributed by atoms with E-state index >= 15 is 0 Å². The molecule has 1 atom stereocenters. The number of nitrogens with one attached hydrogen (secondary N) is 3. The fraction of sp³-hybridized carbons (Fsp3) is 0.524. The van der Waals surface area contributed by atoms with Crippen molar-refractivity contribution in [2.45, 2.75) is 43.5 Å². The van der Waals surface area contributed by atoms with Crippen molar-refractivity contribution in [1.29, 1.82) is 0 Å². The molecule has 2 heterocycles.